The zero-order valence-electron chi connectivity index (χ0n) is 11.2. The largest absolute Gasteiger partial charge is 0.321 e. The minimum absolute atomic E-state index is 0.465. The number of benzene rings is 3. The van der Waals surface area contributed by atoms with Crippen molar-refractivity contribution in [1.29, 1.82) is 0 Å². The van der Waals surface area contributed by atoms with Gasteiger partial charge in [0.25, 0.3) is 5.91 Å². The second kappa shape index (κ2) is 5.52. The summed E-state index contributed by atoms with van der Waals surface area (Å²) in [6, 6.07) is 14.2. The van der Waals surface area contributed by atoms with Gasteiger partial charge in [0.2, 0.25) is 0 Å². The SMILES string of the molecule is O=C(Nc1cccc2ccccc12)c1ccc(F)c(F)c1F. The Balaban J connectivity index is 1.99. The number of nitrogens with one attached hydrogen (secondary N) is 1. The van der Waals surface area contributed by atoms with E-state index in [9.17, 15) is 18.0 Å². The van der Waals surface area contributed by atoms with Crippen molar-refractivity contribution in [1.82, 2.24) is 0 Å². The number of hydrogen-bond donors (Lipinski definition) is 1. The monoisotopic (exact) mass is 301 g/mol. The van der Waals surface area contributed by atoms with Crippen LogP contribution in [-0.2, 0) is 0 Å². The molecule has 0 aliphatic rings. The van der Waals surface area contributed by atoms with Crippen LogP contribution in [0, 0.1) is 17.5 Å². The van der Waals surface area contributed by atoms with Gasteiger partial charge in [0.1, 0.15) is 0 Å². The molecule has 1 N–H and O–H groups in total. The molecule has 0 aliphatic carbocycles. The Bertz CT molecular complexity index is 872. The van der Waals surface area contributed by atoms with E-state index >= 15 is 0 Å². The third-order valence-electron chi connectivity index (χ3n) is 3.32. The van der Waals surface area contributed by atoms with Crippen molar-refractivity contribution >= 4 is 22.4 Å². The Morgan fingerprint density at radius 2 is 1.55 bits per heavy atom. The quantitative estimate of drug-likeness (QED) is 0.693. The van der Waals surface area contributed by atoms with Crippen LogP contribution < -0.4 is 5.32 Å². The second-order valence-corrected chi connectivity index (χ2v) is 4.70. The van der Waals surface area contributed by atoms with E-state index in [2.05, 4.69) is 5.32 Å². The minimum atomic E-state index is -1.66. The first-order valence-electron chi connectivity index (χ1n) is 6.50. The molecule has 0 spiro atoms. The van der Waals surface area contributed by atoms with Gasteiger partial charge >= 0.3 is 0 Å². The average Bonchev–Trinajstić information content (AvgIpc) is 2.53. The molecular formula is C17H10F3NO. The summed E-state index contributed by atoms with van der Waals surface area (Å²) in [4.78, 5) is 12.1. The molecule has 22 heavy (non-hydrogen) atoms. The molecule has 0 unspecified atom stereocenters. The van der Waals surface area contributed by atoms with Gasteiger partial charge in [-0.3, -0.25) is 4.79 Å². The number of carbonyl (C=O) groups is 1. The smallest absolute Gasteiger partial charge is 0.258 e. The highest BCUT2D eigenvalue weighted by molar-refractivity contribution is 6.09. The molecule has 3 rings (SSSR count). The molecule has 0 aliphatic heterocycles. The maximum absolute atomic E-state index is 13.7. The first-order chi connectivity index (χ1) is 10.6. The average molecular weight is 301 g/mol. The van der Waals surface area contributed by atoms with Gasteiger partial charge < -0.3 is 5.32 Å². The fourth-order valence-corrected chi connectivity index (χ4v) is 2.23. The highest BCUT2D eigenvalue weighted by Crippen LogP contribution is 2.24. The second-order valence-electron chi connectivity index (χ2n) is 4.70. The van der Waals surface area contributed by atoms with Crippen molar-refractivity contribution in [2.45, 2.75) is 0 Å². The van der Waals surface area contributed by atoms with Crippen LogP contribution in [0.25, 0.3) is 10.8 Å². The predicted octanol–water partition coefficient (Wildman–Crippen LogP) is 4.51. The van der Waals surface area contributed by atoms with Gasteiger partial charge in [0, 0.05) is 11.1 Å². The molecule has 5 heteroatoms. The Hall–Kier alpha value is -2.82. The lowest BCUT2D eigenvalue weighted by atomic mass is 10.1. The van der Waals surface area contributed by atoms with Gasteiger partial charge in [0.15, 0.2) is 17.5 Å². The van der Waals surface area contributed by atoms with Crippen molar-refractivity contribution in [2.24, 2.45) is 0 Å². The Kier molecular flexibility index (Phi) is 3.55. The van der Waals surface area contributed by atoms with E-state index in [-0.39, 0.29) is 0 Å². The molecule has 0 aromatic heterocycles. The topological polar surface area (TPSA) is 29.1 Å². The highest BCUT2D eigenvalue weighted by Gasteiger charge is 2.19. The number of carbonyl (C=O) groups excluding carboxylic acids is 1. The molecule has 0 radical (unpaired) electrons. The first kappa shape index (κ1) is 14.1. The van der Waals surface area contributed by atoms with Gasteiger partial charge in [-0.05, 0) is 23.6 Å². The highest BCUT2D eigenvalue weighted by atomic mass is 19.2. The van der Waals surface area contributed by atoms with Crippen molar-refractivity contribution in [3.8, 4) is 0 Å². The van der Waals surface area contributed by atoms with E-state index < -0.39 is 28.9 Å². The van der Waals surface area contributed by atoms with E-state index in [1.165, 1.54) is 0 Å². The van der Waals surface area contributed by atoms with Crippen LogP contribution in [0.15, 0.2) is 54.6 Å². The number of amides is 1. The molecule has 3 aromatic rings. The van der Waals surface area contributed by atoms with Crippen LogP contribution >= 0.6 is 0 Å². The van der Waals surface area contributed by atoms with Gasteiger partial charge in [-0.1, -0.05) is 36.4 Å². The summed E-state index contributed by atoms with van der Waals surface area (Å²) in [7, 11) is 0. The van der Waals surface area contributed by atoms with Crippen molar-refractivity contribution in [3.05, 3.63) is 77.6 Å². The molecule has 0 atom stereocenters. The van der Waals surface area contributed by atoms with Crippen LogP contribution in [-0.4, -0.2) is 5.91 Å². The molecular weight excluding hydrogens is 291 g/mol. The third-order valence-corrected chi connectivity index (χ3v) is 3.32. The minimum Gasteiger partial charge on any atom is -0.321 e. The Labute approximate surface area is 124 Å². The van der Waals surface area contributed by atoms with Crippen molar-refractivity contribution in [2.75, 3.05) is 5.32 Å². The van der Waals surface area contributed by atoms with Crippen LogP contribution in [0.1, 0.15) is 10.4 Å². The third kappa shape index (κ3) is 2.41. The van der Waals surface area contributed by atoms with E-state index in [0.717, 1.165) is 22.9 Å². The molecule has 0 saturated heterocycles. The lowest BCUT2D eigenvalue weighted by molar-refractivity contribution is 0.102. The lowest BCUT2D eigenvalue weighted by Gasteiger charge is -2.09. The fraction of sp³-hybridized carbons (Fsp3) is 0. The molecule has 110 valence electrons. The maximum atomic E-state index is 13.7. The molecule has 0 saturated carbocycles. The summed E-state index contributed by atoms with van der Waals surface area (Å²) in [5, 5.41) is 4.18. The number of anilines is 1. The van der Waals surface area contributed by atoms with Gasteiger partial charge in [-0.15, -0.1) is 0 Å². The Morgan fingerprint density at radius 1 is 0.818 bits per heavy atom. The normalized spacial score (nSPS) is 10.7. The summed E-state index contributed by atoms with van der Waals surface area (Å²) in [6.45, 7) is 0. The molecule has 0 heterocycles. The first-order valence-corrected chi connectivity index (χ1v) is 6.50. The molecule has 3 aromatic carbocycles. The van der Waals surface area contributed by atoms with Crippen LogP contribution in [0.2, 0.25) is 0 Å². The van der Waals surface area contributed by atoms with Gasteiger partial charge in [-0.25, -0.2) is 13.2 Å². The summed E-state index contributed by atoms with van der Waals surface area (Å²) in [5.41, 5.74) is -0.0842. The molecule has 0 bridgehead atoms. The molecule has 0 fully saturated rings. The van der Waals surface area contributed by atoms with Gasteiger partial charge in [0.05, 0.1) is 5.56 Å². The molecule has 1 amide bonds. The van der Waals surface area contributed by atoms with Crippen LogP contribution in [0.5, 0.6) is 0 Å². The number of halogens is 3. The Morgan fingerprint density at radius 3 is 2.36 bits per heavy atom. The standard InChI is InChI=1S/C17H10F3NO/c18-13-9-8-12(15(19)16(13)20)17(22)21-14-7-3-5-10-4-1-2-6-11(10)14/h1-9H,(H,21,22). The predicted molar refractivity (Wildman–Crippen MR) is 78.2 cm³/mol. The summed E-state index contributed by atoms with van der Waals surface area (Å²) in [5.74, 6) is -5.34. The van der Waals surface area contributed by atoms with E-state index in [1.807, 2.05) is 18.2 Å². The van der Waals surface area contributed by atoms with Crippen molar-refractivity contribution in [3.63, 3.8) is 0 Å². The molecule has 2 nitrogen and oxygen atoms in total. The van der Waals surface area contributed by atoms with Crippen LogP contribution in [0.4, 0.5) is 18.9 Å². The zero-order chi connectivity index (χ0) is 15.7. The zero-order valence-corrected chi connectivity index (χ0v) is 11.2. The fourth-order valence-electron chi connectivity index (χ4n) is 2.23. The number of fused-ring (bicyclic) bond motifs is 1. The van der Waals surface area contributed by atoms with Crippen LogP contribution in [0.3, 0.4) is 0 Å². The number of hydrogen-bond acceptors (Lipinski definition) is 1. The van der Waals surface area contributed by atoms with Crippen molar-refractivity contribution < 1.29 is 18.0 Å². The lowest BCUT2D eigenvalue weighted by Crippen LogP contribution is -2.15. The maximum Gasteiger partial charge on any atom is 0.258 e. The van der Waals surface area contributed by atoms with E-state index in [0.29, 0.717) is 5.69 Å². The van der Waals surface area contributed by atoms with E-state index in [4.69, 9.17) is 0 Å². The van der Waals surface area contributed by atoms with E-state index in [1.54, 1.807) is 24.3 Å². The summed E-state index contributed by atoms with van der Waals surface area (Å²) >= 11 is 0. The van der Waals surface area contributed by atoms with Gasteiger partial charge in [-0.2, -0.15) is 0 Å². The number of rotatable bonds is 2. The summed E-state index contributed by atoms with van der Waals surface area (Å²) < 4.78 is 39.8. The summed E-state index contributed by atoms with van der Waals surface area (Å²) in [6.07, 6.45) is 0.